The van der Waals surface area contributed by atoms with Crippen LogP contribution in [0.25, 0.3) is 11.0 Å². The topological polar surface area (TPSA) is 135 Å². The predicted octanol–water partition coefficient (Wildman–Crippen LogP) is 0.358. The summed E-state index contributed by atoms with van der Waals surface area (Å²) in [5, 5.41) is 19.7. The van der Waals surface area contributed by atoms with Crippen molar-refractivity contribution in [2.75, 3.05) is 18.4 Å². The van der Waals surface area contributed by atoms with Crippen molar-refractivity contribution in [2.24, 2.45) is 17.0 Å². The number of hydrogen-bond acceptors (Lipinski definition) is 6. The van der Waals surface area contributed by atoms with Crippen molar-refractivity contribution in [1.82, 2.24) is 19.3 Å². The molecule has 0 unspecified atom stereocenters. The Balaban J connectivity index is 1.50. The molecule has 26 heavy (non-hydrogen) atoms. The van der Waals surface area contributed by atoms with E-state index >= 15 is 0 Å². The second kappa shape index (κ2) is 6.76. The Kier molecular flexibility index (Phi) is 4.59. The lowest BCUT2D eigenvalue weighted by Gasteiger charge is -2.14. The first kappa shape index (κ1) is 17.7. The Morgan fingerprint density at radius 1 is 1.27 bits per heavy atom. The Morgan fingerprint density at radius 3 is 2.81 bits per heavy atom. The SMILES string of the molecule is NS(=O)(=O)NC[C@@H]1C[C@@H](n2ccc3c(NCC4CC4)ncnc32)C[C@@H]1O. The molecule has 2 aromatic heterocycles. The van der Waals surface area contributed by atoms with Crippen LogP contribution >= 0.6 is 0 Å². The van der Waals surface area contributed by atoms with Crippen LogP contribution in [0, 0.1) is 11.8 Å². The van der Waals surface area contributed by atoms with Gasteiger partial charge in [0.1, 0.15) is 17.8 Å². The highest BCUT2D eigenvalue weighted by Gasteiger charge is 2.35. The van der Waals surface area contributed by atoms with E-state index in [-0.39, 0.29) is 18.5 Å². The maximum atomic E-state index is 11.1. The molecule has 10 heteroatoms. The number of nitrogens with zero attached hydrogens (tertiary/aromatic N) is 3. The van der Waals surface area contributed by atoms with Crippen LogP contribution in [0.5, 0.6) is 0 Å². The zero-order valence-corrected chi connectivity index (χ0v) is 15.2. The van der Waals surface area contributed by atoms with Crippen LogP contribution in [0.3, 0.4) is 0 Å². The van der Waals surface area contributed by atoms with E-state index in [0.29, 0.717) is 12.8 Å². The third kappa shape index (κ3) is 3.83. The number of hydrogen-bond donors (Lipinski definition) is 4. The molecule has 4 rings (SSSR count). The molecular weight excluding hydrogens is 356 g/mol. The molecule has 9 nitrogen and oxygen atoms in total. The summed E-state index contributed by atoms with van der Waals surface area (Å²) in [5.41, 5.74) is 0.829. The van der Waals surface area contributed by atoms with E-state index in [2.05, 4.69) is 24.6 Å². The van der Waals surface area contributed by atoms with Crippen LogP contribution in [0.15, 0.2) is 18.6 Å². The maximum Gasteiger partial charge on any atom is 0.274 e. The van der Waals surface area contributed by atoms with Gasteiger partial charge in [-0.2, -0.15) is 8.42 Å². The maximum absolute atomic E-state index is 11.1. The second-order valence-corrected chi connectivity index (χ2v) is 8.73. The van der Waals surface area contributed by atoms with Crippen molar-refractivity contribution in [3.05, 3.63) is 18.6 Å². The molecule has 2 aliphatic rings. The first-order valence-electron chi connectivity index (χ1n) is 8.91. The molecule has 2 heterocycles. The minimum atomic E-state index is -3.75. The van der Waals surface area contributed by atoms with E-state index < -0.39 is 16.3 Å². The first-order valence-corrected chi connectivity index (χ1v) is 10.5. The smallest absolute Gasteiger partial charge is 0.274 e. The van der Waals surface area contributed by atoms with Crippen LogP contribution in [-0.4, -0.2) is 47.3 Å². The highest BCUT2D eigenvalue weighted by atomic mass is 32.2. The second-order valence-electron chi connectivity index (χ2n) is 7.35. The van der Waals surface area contributed by atoms with Gasteiger partial charge in [0.2, 0.25) is 0 Å². The van der Waals surface area contributed by atoms with Crippen molar-refractivity contribution in [1.29, 1.82) is 0 Å². The summed E-state index contributed by atoms with van der Waals surface area (Å²) >= 11 is 0. The molecule has 5 N–H and O–H groups in total. The molecule has 2 saturated carbocycles. The molecular formula is C16H24N6O3S. The van der Waals surface area contributed by atoms with Gasteiger partial charge in [-0.15, -0.1) is 0 Å². The fraction of sp³-hybridized carbons (Fsp3) is 0.625. The number of aliphatic hydroxyl groups excluding tert-OH is 1. The van der Waals surface area contributed by atoms with Gasteiger partial charge in [-0.25, -0.2) is 19.8 Å². The van der Waals surface area contributed by atoms with Crippen molar-refractivity contribution in [3.63, 3.8) is 0 Å². The van der Waals surface area contributed by atoms with Crippen LogP contribution in [0.4, 0.5) is 5.82 Å². The fourth-order valence-corrected chi connectivity index (χ4v) is 4.16. The summed E-state index contributed by atoms with van der Waals surface area (Å²) < 4.78 is 26.5. The number of aromatic nitrogens is 3. The third-order valence-electron chi connectivity index (χ3n) is 5.34. The zero-order valence-electron chi connectivity index (χ0n) is 14.4. The molecule has 0 aromatic carbocycles. The van der Waals surface area contributed by atoms with Gasteiger partial charge in [-0.3, -0.25) is 0 Å². The van der Waals surface area contributed by atoms with Gasteiger partial charge in [-0.05, 0) is 37.7 Å². The molecule has 3 atom stereocenters. The summed E-state index contributed by atoms with van der Waals surface area (Å²) in [6.07, 6.45) is 6.69. The van der Waals surface area contributed by atoms with Crippen LogP contribution < -0.4 is 15.2 Å². The molecule has 0 amide bonds. The minimum absolute atomic E-state index is 0.0564. The zero-order chi connectivity index (χ0) is 18.3. The Morgan fingerprint density at radius 2 is 2.08 bits per heavy atom. The number of fused-ring (bicyclic) bond motifs is 1. The van der Waals surface area contributed by atoms with Crippen molar-refractivity contribution in [3.8, 4) is 0 Å². The van der Waals surface area contributed by atoms with Gasteiger partial charge in [0.25, 0.3) is 10.2 Å². The summed E-state index contributed by atoms with van der Waals surface area (Å²) in [7, 11) is -3.75. The van der Waals surface area contributed by atoms with E-state index in [1.165, 1.54) is 12.8 Å². The van der Waals surface area contributed by atoms with E-state index in [0.717, 1.165) is 29.3 Å². The molecule has 0 spiro atoms. The molecule has 142 valence electrons. The Bertz CT molecular complexity index is 895. The van der Waals surface area contributed by atoms with Gasteiger partial charge >= 0.3 is 0 Å². The van der Waals surface area contributed by atoms with Crippen LogP contribution in [0.2, 0.25) is 0 Å². The lowest BCUT2D eigenvalue weighted by Crippen LogP contribution is -2.36. The van der Waals surface area contributed by atoms with Crippen molar-refractivity contribution in [2.45, 2.75) is 37.8 Å². The van der Waals surface area contributed by atoms with E-state index in [1.807, 2.05) is 12.3 Å². The molecule has 2 aliphatic carbocycles. The van der Waals surface area contributed by atoms with Gasteiger partial charge in [0.15, 0.2) is 0 Å². The summed E-state index contributed by atoms with van der Waals surface area (Å²) in [5.74, 6) is 1.41. The van der Waals surface area contributed by atoms with Crippen LogP contribution in [-0.2, 0) is 10.2 Å². The first-order chi connectivity index (χ1) is 12.4. The molecule has 2 fully saturated rings. The highest BCUT2D eigenvalue weighted by molar-refractivity contribution is 7.87. The molecule has 0 aliphatic heterocycles. The molecule has 0 saturated heterocycles. The molecule has 0 bridgehead atoms. The number of aliphatic hydroxyl groups is 1. The normalized spacial score (nSPS) is 26.5. The summed E-state index contributed by atoms with van der Waals surface area (Å²) in [6, 6.07) is 2.05. The predicted molar refractivity (Wildman–Crippen MR) is 97.6 cm³/mol. The van der Waals surface area contributed by atoms with Gasteiger partial charge in [0.05, 0.1) is 11.5 Å². The number of nitrogens with two attached hydrogens (primary N) is 1. The third-order valence-corrected chi connectivity index (χ3v) is 5.91. The number of nitrogens with one attached hydrogen (secondary N) is 2. The standard InChI is InChI=1S/C16H24N6O3S/c17-26(24,25)21-8-11-5-12(6-14(11)23)22-4-3-13-15(18-7-10-1-2-10)19-9-20-16(13)22/h3-4,9-12,14,21,23H,1-2,5-8H2,(H2,17,24,25)(H,18,19,20)/t11-,12+,14-/m0/s1. The summed E-state index contributed by atoms with van der Waals surface area (Å²) in [6.45, 7) is 1.07. The largest absolute Gasteiger partial charge is 0.393 e. The number of anilines is 1. The van der Waals surface area contributed by atoms with E-state index in [4.69, 9.17) is 5.14 Å². The highest BCUT2D eigenvalue weighted by Crippen LogP contribution is 2.37. The van der Waals surface area contributed by atoms with E-state index in [1.54, 1.807) is 6.33 Å². The molecule has 0 radical (unpaired) electrons. The number of rotatable bonds is 7. The average Bonchev–Trinajstić information content (AvgIpc) is 3.19. The van der Waals surface area contributed by atoms with Gasteiger partial charge < -0.3 is 15.0 Å². The van der Waals surface area contributed by atoms with Gasteiger partial charge in [0, 0.05) is 31.2 Å². The van der Waals surface area contributed by atoms with Crippen molar-refractivity contribution >= 4 is 27.1 Å². The average molecular weight is 380 g/mol. The molecule has 2 aromatic rings. The van der Waals surface area contributed by atoms with E-state index in [9.17, 15) is 13.5 Å². The lowest BCUT2D eigenvalue weighted by molar-refractivity contribution is 0.133. The Labute approximate surface area is 152 Å². The fourth-order valence-electron chi connectivity index (χ4n) is 3.71. The monoisotopic (exact) mass is 380 g/mol. The Hall–Kier alpha value is -1.75. The quantitative estimate of drug-likeness (QED) is 0.548. The lowest BCUT2D eigenvalue weighted by atomic mass is 10.1. The van der Waals surface area contributed by atoms with Gasteiger partial charge in [-0.1, -0.05) is 0 Å². The summed E-state index contributed by atoms with van der Waals surface area (Å²) in [4.78, 5) is 8.78. The van der Waals surface area contributed by atoms with Crippen molar-refractivity contribution < 1.29 is 13.5 Å². The minimum Gasteiger partial charge on any atom is -0.393 e. The van der Waals surface area contributed by atoms with Crippen LogP contribution in [0.1, 0.15) is 31.7 Å².